The molecule has 0 radical (unpaired) electrons. The number of esters is 1. The van der Waals surface area contributed by atoms with E-state index >= 15 is 0 Å². The van der Waals surface area contributed by atoms with Crippen molar-refractivity contribution in [1.29, 1.82) is 0 Å². The van der Waals surface area contributed by atoms with Gasteiger partial charge in [-0.3, -0.25) is 4.79 Å². The molecule has 4 heteroatoms. The molecule has 1 atom stereocenters. The molecule has 0 bridgehead atoms. The fourth-order valence-electron chi connectivity index (χ4n) is 2.39. The molecule has 0 fully saturated rings. The second-order valence-corrected chi connectivity index (χ2v) is 5.07. The third kappa shape index (κ3) is 2.59. The molecule has 0 saturated heterocycles. The SMILES string of the molecule is COC(=O)C1=C(C)OC(C)(CCc2ccccc2)C1=O. The van der Waals surface area contributed by atoms with E-state index in [0.29, 0.717) is 18.6 Å². The minimum atomic E-state index is -0.983. The van der Waals surface area contributed by atoms with Crippen molar-refractivity contribution >= 4 is 11.8 Å². The summed E-state index contributed by atoms with van der Waals surface area (Å²) in [5.74, 6) is -0.578. The van der Waals surface area contributed by atoms with E-state index in [1.165, 1.54) is 7.11 Å². The van der Waals surface area contributed by atoms with E-state index in [9.17, 15) is 9.59 Å². The molecule has 0 saturated carbocycles. The highest BCUT2D eigenvalue weighted by atomic mass is 16.5. The molecule has 0 spiro atoms. The van der Waals surface area contributed by atoms with Crippen LogP contribution in [0.2, 0.25) is 0 Å². The summed E-state index contributed by atoms with van der Waals surface area (Å²) in [6.45, 7) is 3.34. The number of benzene rings is 1. The van der Waals surface area contributed by atoms with Crippen LogP contribution in [-0.2, 0) is 25.5 Å². The Morgan fingerprint density at radius 1 is 1.30 bits per heavy atom. The molecule has 1 heterocycles. The summed E-state index contributed by atoms with van der Waals surface area (Å²) in [5, 5.41) is 0. The van der Waals surface area contributed by atoms with Crippen molar-refractivity contribution in [3.8, 4) is 0 Å². The summed E-state index contributed by atoms with van der Waals surface area (Å²) in [5.41, 5.74) is 0.182. The quantitative estimate of drug-likeness (QED) is 0.625. The minimum absolute atomic E-state index is 0.0306. The van der Waals surface area contributed by atoms with E-state index in [-0.39, 0.29) is 11.4 Å². The van der Waals surface area contributed by atoms with Gasteiger partial charge in [-0.25, -0.2) is 4.79 Å². The number of hydrogen-bond acceptors (Lipinski definition) is 4. The van der Waals surface area contributed by atoms with Crippen LogP contribution in [0.1, 0.15) is 25.8 Å². The van der Waals surface area contributed by atoms with E-state index in [2.05, 4.69) is 4.74 Å². The molecule has 2 rings (SSSR count). The Morgan fingerprint density at radius 3 is 2.55 bits per heavy atom. The number of ether oxygens (including phenoxy) is 2. The highest BCUT2D eigenvalue weighted by molar-refractivity contribution is 6.22. The summed E-state index contributed by atoms with van der Waals surface area (Å²) in [6, 6.07) is 9.87. The Balaban J connectivity index is 2.10. The molecule has 106 valence electrons. The largest absolute Gasteiger partial charge is 0.483 e. The van der Waals surface area contributed by atoms with Gasteiger partial charge in [0.1, 0.15) is 11.3 Å². The monoisotopic (exact) mass is 274 g/mol. The van der Waals surface area contributed by atoms with Crippen LogP contribution in [0, 0.1) is 0 Å². The predicted octanol–water partition coefficient (Wildman–Crippen LogP) is 2.42. The average molecular weight is 274 g/mol. The molecule has 1 unspecified atom stereocenters. The van der Waals surface area contributed by atoms with Gasteiger partial charge in [-0.15, -0.1) is 0 Å². The first-order valence-electron chi connectivity index (χ1n) is 6.55. The maximum Gasteiger partial charge on any atom is 0.345 e. The predicted molar refractivity (Wildman–Crippen MR) is 74.0 cm³/mol. The molecule has 0 amide bonds. The average Bonchev–Trinajstić information content (AvgIpc) is 2.68. The Bertz CT molecular complexity index is 559. The zero-order valence-corrected chi connectivity index (χ0v) is 11.9. The number of ketones is 1. The van der Waals surface area contributed by atoms with Gasteiger partial charge >= 0.3 is 5.97 Å². The molecule has 0 N–H and O–H groups in total. The molecule has 0 aliphatic carbocycles. The van der Waals surface area contributed by atoms with Crippen molar-refractivity contribution in [2.45, 2.75) is 32.3 Å². The standard InChI is InChI=1S/C16H18O4/c1-11-13(15(18)19-3)14(17)16(2,20-11)10-9-12-7-5-4-6-8-12/h4-8H,9-10H2,1-3H3. The number of methoxy groups -OCH3 is 1. The van der Waals surface area contributed by atoms with Gasteiger partial charge in [0.2, 0.25) is 5.78 Å². The van der Waals surface area contributed by atoms with Gasteiger partial charge in [-0.1, -0.05) is 30.3 Å². The summed E-state index contributed by atoms with van der Waals surface area (Å²) in [4.78, 5) is 24.0. The van der Waals surface area contributed by atoms with Gasteiger partial charge in [0.05, 0.1) is 7.11 Å². The second-order valence-electron chi connectivity index (χ2n) is 5.07. The van der Waals surface area contributed by atoms with Crippen LogP contribution >= 0.6 is 0 Å². The van der Waals surface area contributed by atoms with Gasteiger partial charge in [-0.05, 0) is 32.3 Å². The Hall–Kier alpha value is -2.10. The highest BCUT2D eigenvalue weighted by Crippen LogP contribution is 2.34. The Labute approximate surface area is 118 Å². The van der Waals surface area contributed by atoms with Crippen LogP contribution in [0.25, 0.3) is 0 Å². The number of aryl methyl sites for hydroxylation is 1. The number of hydrogen-bond donors (Lipinski definition) is 0. The zero-order chi connectivity index (χ0) is 14.8. The molecule has 1 aromatic carbocycles. The Morgan fingerprint density at radius 2 is 1.95 bits per heavy atom. The fourth-order valence-corrected chi connectivity index (χ4v) is 2.39. The summed E-state index contributed by atoms with van der Waals surface area (Å²) in [6.07, 6.45) is 1.23. The Kier molecular flexibility index (Phi) is 3.93. The lowest BCUT2D eigenvalue weighted by molar-refractivity contribution is -0.139. The van der Waals surface area contributed by atoms with E-state index in [0.717, 1.165) is 5.56 Å². The van der Waals surface area contributed by atoms with E-state index < -0.39 is 11.6 Å². The lowest BCUT2D eigenvalue weighted by atomic mass is 9.90. The number of rotatable bonds is 4. The van der Waals surface area contributed by atoms with Crippen LogP contribution in [0.5, 0.6) is 0 Å². The summed E-state index contributed by atoms with van der Waals surface area (Å²) in [7, 11) is 1.26. The maximum absolute atomic E-state index is 12.4. The molecule has 1 aliphatic rings. The molecule has 0 aromatic heterocycles. The smallest absolute Gasteiger partial charge is 0.345 e. The minimum Gasteiger partial charge on any atom is -0.483 e. The fraction of sp³-hybridized carbons (Fsp3) is 0.375. The van der Waals surface area contributed by atoms with Crippen molar-refractivity contribution in [2.75, 3.05) is 7.11 Å². The van der Waals surface area contributed by atoms with Gasteiger partial charge < -0.3 is 9.47 Å². The number of carbonyl (C=O) groups excluding carboxylic acids is 2. The van der Waals surface area contributed by atoms with Gasteiger partial charge in [0.25, 0.3) is 0 Å². The maximum atomic E-state index is 12.4. The first-order valence-corrected chi connectivity index (χ1v) is 6.55. The van der Waals surface area contributed by atoms with Crippen molar-refractivity contribution in [1.82, 2.24) is 0 Å². The number of carbonyl (C=O) groups is 2. The van der Waals surface area contributed by atoms with Crippen LogP contribution < -0.4 is 0 Å². The van der Waals surface area contributed by atoms with Gasteiger partial charge in [0.15, 0.2) is 5.60 Å². The molecular weight excluding hydrogens is 256 g/mol. The second kappa shape index (κ2) is 5.49. The van der Waals surface area contributed by atoms with Crippen molar-refractivity contribution in [3.05, 3.63) is 47.2 Å². The van der Waals surface area contributed by atoms with Crippen LogP contribution in [0.3, 0.4) is 0 Å². The highest BCUT2D eigenvalue weighted by Gasteiger charge is 2.46. The van der Waals surface area contributed by atoms with Crippen molar-refractivity contribution in [3.63, 3.8) is 0 Å². The van der Waals surface area contributed by atoms with Crippen molar-refractivity contribution in [2.24, 2.45) is 0 Å². The lowest BCUT2D eigenvalue weighted by Crippen LogP contribution is -2.35. The first-order chi connectivity index (χ1) is 9.48. The molecule has 4 nitrogen and oxygen atoms in total. The van der Waals surface area contributed by atoms with E-state index in [1.54, 1.807) is 13.8 Å². The number of Topliss-reactive ketones (excluding diaryl/α,β-unsaturated/α-hetero) is 1. The molecule has 1 aliphatic heterocycles. The third-order valence-corrected chi connectivity index (χ3v) is 3.56. The molecule has 1 aromatic rings. The van der Waals surface area contributed by atoms with E-state index in [4.69, 9.17) is 4.74 Å². The van der Waals surface area contributed by atoms with Gasteiger partial charge in [0, 0.05) is 0 Å². The molecular formula is C16H18O4. The topological polar surface area (TPSA) is 52.6 Å². The number of allylic oxidation sites excluding steroid dienone is 1. The third-order valence-electron chi connectivity index (χ3n) is 3.56. The van der Waals surface area contributed by atoms with Crippen molar-refractivity contribution < 1.29 is 19.1 Å². The van der Waals surface area contributed by atoms with Crippen LogP contribution in [0.4, 0.5) is 0 Å². The first kappa shape index (κ1) is 14.3. The zero-order valence-electron chi connectivity index (χ0n) is 11.9. The van der Waals surface area contributed by atoms with Gasteiger partial charge in [-0.2, -0.15) is 0 Å². The molecule has 20 heavy (non-hydrogen) atoms. The van der Waals surface area contributed by atoms with Crippen LogP contribution in [-0.4, -0.2) is 24.5 Å². The lowest BCUT2D eigenvalue weighted by Gasteiger charge is -2.23. The summed E-state index contributed by atoms with van der Waals surface area (Å²) >= 11 is 0. The van der Waals surface area contributed by atoms with Crippen LogP contribution in [0.15, 0.2) is 41.7 Å². The summed E-state index contributed by atoms with van der Waals surface area (Å²) < 4.78 is 10.3. The van der Waals surface area contributed by atoms with E-state index in [1.807, 2.05) is 30.3 Å². The normalized spacial score (nSPS) is 21.9.